The molecule has 6 heteroatoms. The number of carbonyl (C=O) groups excluding carboxylic acids is 2. The maximum Gasteiger partial charge on any atom is 0.270 e. The van der Waals surface area contributed by atoms with Crippen LogP contribution in [0.4, 0.5) is 5.69 Å². The van der Waals surface area contributed by atoms with E-state index in [-0.39, 0.29) is 17.9 Å². The number of piperidine rings is 1. The van der Waals surface area contributed by atoms with Crippen molar-refractivity contribution < 1.29 is 9.59 Å². The largest absolute Gasteiger partial charge is 0.385 e. The van der Waals surface area contributed by atoms with Gasteiger partial charge in [0.1, 0.15) is 5.69 Å². The molecular formula is C14H20N4O2. The summed E-state index contributed by atoms with van der Waals surface area (Å²) in [5, 5.41) is 8.86. The molecule has 1 atom stereocenters. The number of aromatic nitrogens is 1. The molecule has 20 heavy (non-hydrogen) atoms. The molecule has 3 N–H and O–H groups in total. The SMILES string of the molecule is CCCNc1ccnc(C(=O)NC2CCC(=O)NC2)c1. The Morgan fingerprint density at radius 3 is 3.10 bits per heavy atom. The molecule has 6 nitrogen and oxygen atoms in total. The van der Waals surface area contributed by atoms with Gasteiger partial charge in [0.2, 0.25) is 5.91 Å². The maximum absolute atomic E-state index is 12.1. The van der Waals surface area contributed by atoms with Gasteiger partial charge < -0.3 is 16.0 Å². The van der Waals surface area contributed by atoms with Crippen molar-refractivity contribution in [3.8, 4) is 0 Å². The Kier molecular flexibility index (Phi) is 4.92. The van der Waals surface area contributed by atoms with Crippen molar-refractivity contribution in [2.75, 3.05) is 18.4 Å². The second-order valence-corrected chi connectivity index (χ2v) is 4.87. The molecule has 1 saturated heterocycles. The summed E-state index contributed by atoms with van der Waals surface area (Å²) in [6.07, 6.45) is 3.77. The first-order valence-electron chi connectivity index (χ1n) is 6.96. The topological polar surface area (TPSA) is 83.1 Å². The third-order valence-electron chi connectivity index (χ3n) is 3.17. The van der Waals surface area contributed by atoms with Gasteiger partial charge in [0.15, 0.2) is 0 Å². The number of rotatable bonds is 5. The highest BCUT2D eigenvalue weighted by Crippen LogP contribution is 2.09. The Balaban J connectivity index is 1.93. The van der Waals surface area contributed by atoms with E-state index in [1.54, 1.807) is 12.3 Å². The van der Waals surface area contributed by atoms with Gasteiger partial charge in [0.05, 0.1) is 0 Å². The van der Waals surface area contributed by atoms with Crippen LogP contribution in [0.3, 0.4) is 0 Å². The van der Waals surface area contributed by atoms with Crippen LogP contribution in [-0.2, 0) is 4.79 Å². The van der Waals surface area contributed by atoms with Gasteiger partial charge in [-0.05, 0) is 25.0 Å². The molecule has 108 valence electrons. The van der Waals surface area contributed by atoms with Crippen molar-refractivity contribution >= 4 is 17.5 Å². The molecule has 0 saturated carbocycles. The summed E-state index contributed by atoms with van der Waals surface area (Å²) in [4.78, 5) is 27.3. The molecule has 0 aromatic carbocycles. The molecule has 0 spiro atoms. The average Bonchev–Trinajstić information content (AvgIpc) is 2.48. The summed E-state index contributed by atoms with van der Waals surface area (Å²) in [5.74, 6) is -0.161. The van der Waals surface area contributed by atoms with Crippen LogP contribution in [0.15, 0.2) is 18.3 Å². The molecule has 0 radical (unpaired) electrons. The zero-order valence-electron chi connectivity index (χ0n) is 11.6. The Bertz CT molecular complexity index is 480. The number of pyridine rings is 1. The normalized spacial score (nSPS) is 18.2. The quantitative estimate of drug-likeness (QED) is 0.746. The third kappa shape index (κ3) is 3.94. The molecule has 1 aliphatic heterocycles. The van der Waals surface area contributed by atoms with Gasteiger partial charge in [-0.1, -0.05) is 6.92 Å². The molecule has 2 amide bonds. The standard InChI is InChI=1S/C14H20N4O2/c1-2-6-15-10-5-7-16-12(8-10)14(20)18-11-3-4-13(19)17-9-11/h5,7-8,11H,2-4,6,9H2,1H3,(H,15,16)(H,17,19)(H,18,20). The van der Waals surface area contributed by atoms with Crippen LogP contribution < -0.4 is 16.0 Å². The monoisotopic (exact) mass is 276 g/mol. The van der Waals surface area contributed by atoms with Crippen LogP contribution in [0.1, 0.15) is 36.7 Å². The highest BCUT2D eigenvalue weighted by Gasteiger charge is 2.20. The van der Waals surface area contributed by atoms with Crippen molar-refractivity contribution in [2.45, 2.75) is 32.2 Å². The molecule has 2 rings (SSSR count). The van der Waals surface area contributed by atoms with Crippen molar-refractivity contribution in [2.24, 2.45) is 0 Å². The first kappa shape index (κ1) is 14.3. The lowest BCUT2D eigenvalue weighted by atomic mass is 10.1. The predicted molar refractivity (Wildman–Crippen MR) is 76.5 cm³/mol. The number of nitrogens with zero attached hydrogens (tertiary/aromatic N) is 1. The van der Waals surface area contributed by atoms with E-state index in [4.69, 9.17) is 0 Å². The molecular weight excluding hydrogens is 256 g/mol. The van der Waals surface area contributed by atoms with Crippen LogP contribution in [0.25, 0.3) is 0 Å². The van der Waals surface area contributed by atoms with Crippen molar-refractivity contribution in [1.82, 2.24) is 15.6 Å². The lowest BCUT2D eigenvalue weighted by Gasteiger charge is -2.23. The summed E-state index contributed by atoms with van der Waals surface area (Å²) >= 11 is 0. The van der Waals surface area contributed by atoms with Gasteiger partial charge >= 0.3 is 0 Å². The van der Waals surface area contributed by atoms with Gasteiger partial charge in [-0.3, -0.25) is 14.6 Å². The Morgan fingerprint density at radius 1 is 1.55 bits per heavy atom. The average molecular weight is 276 g/mol. The maximum atomic E-state index is 12.1. The highest BCUT2D eigenvalue weighted by molar-refractivity contribution is 5.93. The Morgan fingerprint density at radius 2 is 2.40 bits per heavy atom. The fraction of sp³-hybridized carbons (Fsp3) is 0.500. The number of nitrogens with one attached hydrogen (secondary N) is 3. The number of amides is 2. The minimum absolute atomic E-state index is 0.0192. The molecule has 1 aliphatic rings. The van der Waals surface area contributed by atoms with E-state index in [9.17, 15) is 9.59 Å². The summed E-state index contributed by atoms with van der Waals surface area (Å²) in [7, 11) is 0. The first-order valence-corrected chi connectivity index (χ1v) is 6.96. The molecule has 0 aliphatic carbocycles. The van der Waals surface area contributed by atoms with Crippen LogP contribution in [0.5, 0.6) is 0 Å². The van der Waals surface area contributed by atoms with Gasteiger partial charge in [-0.15, -0.1) is 0 Å². The second kappa shape index (κ2) is 6.88. The summed E-state index contributed by atoms with van der Waals surface area (Å²) in [6, 6.07) is 3.56. The zero-order valence-corrected chi connectivity index (χ0v) is 11.6. The summed E-state index contributed by atoms with van der Waals surface area (Å²) in [5.41, 5.74) is 1.28. The molecule has 1 aromatic rings. The van der Waals surface area contributed by atoms with Crippen molar-refractivity contribution in [1.29, 1.82) is 0 Å². The van der Waals surface area contributed by atoms with E-state index in [2.05, 4.69) is 27.9 Å². The number of hydrogen-bond donors (Lipinski definition) is 3. The van der Waals surface area contributed by atoms with E-state index in [0.717, 1.165) is 18.7 Å². The first-order chi connectivity index (χ1) is 9.69. The van der Waals surface area contributed by atoms with Gasteiger partial charge in [-0.2, -0.15) is 0 Å². The van der Waals surface area contributed by atoms with Crippen LogP contribution >= 0.6 is 0 Å². The lowest BCUT2D eigenvalue weighted by molar-refractivity contribution is -0.122. The minimum atomic E-state index is -0.203. The van der Waals surface area contributed by atoms with Gasteiger partial charge in [-0.25, -0.2) is 0 Å². The molecule has 0 bridgehead atoms. The summed E-state index contributed by atoms with van der Waals surface area (Å²) in [6.45, 7) is 3.43. The fourth-order valence-corrected chi connectivity index (χ4v) is 2.05. The number of anilines is 1. The number of hydrogen-bond acceptors (Lipinski definition) is 4. The van der Waals surface area contributed by atoms with Crippen LogP contribution in [0, 0.1) is 0 Å². The van der Waals surface area contributed by atoms with Crippen LogP contribution in [-0.4, -0.2) is 35.9 Å². The van der Waals surface area contributed by atoms with Crippen LogP contribution in [0.2, 0.25) is 0 Å². The van der Waals surface area contributed by atoms with Crippen molar-refractivity contribution in [3.63, 3.8) is 0 Å². The molecule has 1 fully saturated rings. The van der Waals surface area contributed by atoms with Gasteiger partial charge in [0.25, 0.3) is 5.91 Å². The zero-order chi connectivity index (χ0) is 14.4. The van der Waals surface area contributed by atoms with E-state index < -0.39 is 0 Å². The Labute approximate surface area is 118 Å². The van der Waals surface area contributed by atoms with E-state index in [1.807, 2.05) is 6.07 Å². The smallest absolute Gasteiger partial charge is 0.270 e. The molecule has 2 heterocycles. The Hall–Kier alpha value is -2.11. The lowest BCUT2D eigenvalue weighted by Crippen LogP contribution is -2.47. The molecule has 1 unspecified atom stereocenters. The van der Waals surface area contributed by atoms with E-state index in [1.165, 1.54) is 0 Å². The molecule has 1 aromatic heterocycles. The fourth-order valence-electron chi connectivity index (χ4n) is 2.05. The third-order valence-corrected chi connectivity index (χ3v) is 3.17. The second-order valence-electron chi connectivity index (χ2n) is 4.87. The number of carbonyl (C=O) groups is 2. The summed E-state index contributed by atoms with van der Waals surface area (Å²) < 4.78 is 0. The predicted octanol–water partition coefficient (Wildman–Crippen LogP) is 0.912. The van der Waals surface area contributed by atoms with Gasteiger partial charge in [0, 0.05) is 37.4 Å². The minimum Gasteiger partial charge on any atom is -0.385 e. The highest BCUT2D eigenvalue weighted by atomic mass is 16.2. The van der Waals surface area contributed by atoms with E-state index >= 15 is 0 Å². The van der Waals surface area contributed by atoms with E-state index in [0.29, 0.717) is 25.1 Å². The van der Waals surface area contributed by atoms with Crippen molar-refractivity contribution in [3.05, 3.63) is 24.0 Å².